The van der Waals surface area contributed by atoms with Gasteiger partial charge in [-0.1, -0.05) is 27.7 Å². The Hall–Kier alpha value is -1.96. The van der Waals surface area contributed by atoms with Crippen LogP contribution in [-0.4, -0.2) is 64.4 Å². The Morgan fingerprint density at radius 2 is 1.56 bits per heavy atom. The predicted octanol–water partition coefficient (Wildman–Crippen LogP) is 0.428. The van der Waals surface area contributed by atoms with Gasteiger partial charge in [-0.3, -0.25) is 19.2 Å². The van der Waals surface area contributed by atoms with Crippen molar-refractivity contribution >= 4 is 23.6 Å². The molecule has 8 heteroatoms. The summed E-state index contributed by atoms with van der Waals surface area (Å²) in [4.78, 5) is 47.6. The molecule has 0 aromatic heterocycles. The SMILES string of the molecule is CC(C)C(=O)CCN(CCNC(=O)[C@@H](O)CCC(=O)O)C(=O)C(C)C. The van der Waals surface area contributed by atoms with Crippen molar-refractivity contribution in [2.24, 2.45) is 11.8 Å². The number of rotatable bonds is 12. The zero-order chi connectivity index (χ0) is 19.6. The van der Waals surface area contributed by atoms with Crippen LogP contribution in [0.3, 0.4) is 0 Å². The number of carbonyl (C=O) groups is 4. The van der Waals surface area contributed by atoms with Crippen molar-refractivity contribution in [2.45, 2.75) is 53.1 Å². The van der Waals surface area contributed by atoms with Gasteiger partial charge in [0.1, 0.15) is 11.9 Å². The summed E-state index contributed by atoms with van der Waals surface area (Å²) < 4.78 is 0. The number of carboxylic acids is 1. The van der Waals surface area contributed by atoms with Gasteiger partial charge < -0.3 is 20.4 Å². The Morgan fingerprint density at radius 1 is 0.960 bits per heavy atom. The first-order valence-electron chi connectivity index (χ1n) is 8.55. The largest absolute Gasteiger partial charge is 0.481 e. The van der Waals surface area contributed by atoms with E-state index in [1.165, 1.54) is 4.90 Å². The van der Waals surface area contributed by atoms with Crippen molar-refractivity contribution in [2.75, 3.05) is 19.6 Å². The molecule has 0 unspecified atom stereocenters. The molecule has 0 spiro atoms. The van der Waals surface area contributed by atoms with Crippen molar-refractivity contribution in [3.05, 3.63) is 0 Å². The van der Waals surface area contributed by atoms with E-state index in [1.54, 1.807) is 27.7 Å². The molecule has 0 bridgehead atoms. The number of aliphatic hydroxyl groups excluding tert-OH is 1. The van der Waals surface area contributed by atoms with E-state index in [9.17, 15) is 24.3 Å². The molecule has 2 amide bonds. The number of nitrogens with one attached hydrogen (secondary N) is 1. The first-order valence-corrected chi connectivity index (χ1v) is 8.55. The number of hydrogen-bond acceptors (Lipinski definition) is 5. The lowest BCUT2D eigenvalue weighted by Crippen LogP contribution is -2.43. The summed E-state index contributed by atoms with van der Waals surface area (Å²) in [5.74, 6) is -2.13. The van der Waals surface area contributed by atoms with Gasteiger partial charge in [-0.25, -0.2) is 0 Å². The second-order valence-corrected chi connectivity index (χ2v) is 6.59. The van der Waals surface area contributed by atoms with E-state index in [4.69, 9.17) is 5.11 Å². The fourth-order valence-corrected chi connectivity index (χ4v) is 2.05. The molecule has 0 rings (SSSR count). The minimum atomic E-state index is -1.40. The third-order valence-corrected chi connectivity index (χ3v) is 3.69. The Labute approximate surface area is 148 Å². The fourth-order valence-electron chi connectivity index (χ4n) is 2.05. The van der Waals surface area contributed by atoms with Gasteiger partial charge in [0.15, 0.2) is 0 Å². The van der Waals surface area contributed by atoms with E-state index in [-0.39, 0.29) is 62.4 Å². The van der Waals surface area contributed by atoms with Crippen molar-refractivity contribution < 1.29 is 29.4 Å². The summed E-state index contributed by atoms with van der Waals surface area (Å²) in [6.07, 6.45) is -1.61. The normalized spacial score (nSPS) is 12.1. The lowest BCUT2D eigenvalue weighted by molar-refractivity contribution is -0.139. The molecular formula is C17H30N2O6. The van der Waals surface area contributed by atoms with Crippen molar-refractivity contribution in [3.8, 4) is 0 Å². The van der Waals surface area contributed by atoms with Crippen LogP contribution in [0.1, 0.15) is 47.0 Å². The van der Waals surface area contributed by atoms with Crippen molar-refractivity contribution in [1.82, 2.24) is 10.2 Å². The second-order valence-electron chi connectivity index (χ2n) is 6.59. The molecule has 0 aliphatic carbocycles. The van der Waals surface area contributed by atoms with Gasteiger partial charge in [-0.2, -0.15) is 0 Å². The fraction of sp³-hybridized carbons (Fsp3) is 0.765. The average Bonchev–Trinajstić information content (AvgIpc) is 2.53. The topological polar surface area (TPSA) is 124 Å². The minimum absolute atomic E-state index is 0.0645. The molecule has 3 N–H and O–H groups in total. The number of Topliss-reactive ketones (excluding diaryl/α,β-unsaturated/α-hetero) is 1. The van der Waals surface area contributed by atoms with Crippen LogP contribution in [0, 0.1) is 11.8 Å². The first-order chi connectivity index (χ1) is 11.6. The third kappa shape index (κ3) is 9.81. The summed E-state index contributed by atoms with van der Waals surface area (Å²) in [6, 6.07) is 0. The van der Waals surface area contributed by atoms with E-state index in [0.717, 1.165) is 0 Å². The van der Waals surface area contributed by atoms with Crippen LogP contribution in [0.2, 0.25) is 0 Å². The van der Waals surface area contributed by atoms with Crippen molar-refractivity contribution in [1.29, 1.82) is 0 Å². The van der Waals surface area contributed by atoms with Gasteiger partial charge in [-0.05, 0) is 6.42 Å². The van der Waals surface area contributed by atoms with Gasteiger partial charge in [0.2, 0.25) is 11.8 Å². The molecule has 1 atom stereocenters. The number of carbonyl (C=O) groups excluding carboxylic acids is 3. The lowest BCUT2D eigenvalue weighted by atomic mass is 10.1. The van der Waals surface area contributed by atoms with Crippen LogP contribution in [0.15, 0.2) is 0 Å². The zero-order valence-electron chi connectivity index (χ0n) is 15.4. The van der Waals surface area contributed by atoms with Crippen molar-refractivity contribution in [3.63, 3.8) is 0 Å². The molecule has 0 aliphatic rings. The zero-order valence-corrected chi connectivity index (χ0v) is 15.4. The highest BCUT2D eigenvalue weighted by Gasteiger charge is 2.20. The Balaban J connectivity index is 4.46. The summed E-state index contributed by atoms with van der Waals surface area (Å²) in [5.41, 5.74) is 0. The van der Waals surface area contributed by atoms with Gasteiger partial charge >= 0.3 is 5.97 Å². The maximum Gasteiger partial charge on any atom is 0.303 e. The quantitative estimate of drug-likeness (QED) is 0.465. The molecule has 144 valence electrons. The van der Waals surface area contributed by atoms with E-state index in [2.05, 4.69) is 5.32 Å². The number of aliphatic hydroxyl groups is 1. The third-order valence-electron chi connectivity index (χ3n) is 3.69. The molecule has 0 aromatic carbocycles. The smallest absolute Gasteiger partial charge is 0.303 e. The van der Waals surface area contributed by atoms with Gasteiger partial charge in [0.05, 0.1) is 0 Å². The molecule has 0 aliphatic heterocycles. The Morgan fingerprint density at radius 3 is 2.04 bits per heavy atom. The average molecular weight is 358 g/mol. The minimum Gasteiger partial charge on any atom is -0.481 e. The maximum absolute atomic E-state index is 12.2. The number of aliphatic carboxylic acids is 1. The standard InChI is InChI=1S/C17H30N2O6/c1-11(2)13(20)7-9-19(17(25)12(3)4)10-8-18-16(24)14(21)5-6-15(22)23/h11-12,14,21H,5-10H2,1-4H3,(H,18,24)(H,22,23)/t14-/m0/s1. The highest BCUT2D eigenvalue weighted by molar-refractivity contribution is 5.83. The number of carboxylic acid groups (broad SMARTS) is 1. The molecular weight excluding hydrogens is 328 g/mol. The Kier molecular flexibility index (Phi) is 10.7. The molecule has 0 radical (unpaired) electrons. The van der Waals surface area contributed by atoms with Crippen LogP contribution in [0.25, 0.3) is 0 Å². The molecule has 0 heterocycles. The molecule has 8 nitrogen and oxygen atoms in total. The van der Waals surface area contributed by atoms with Crippen LogP contribution in [0.4, 0.5) is 0 Å². The predicted molar refractivity (Wildman–Crippen MR) is 91.8 cm³/mol. The first kappa shape index (κ1) is 23.0. The van der Waals surface area contributed by atoms with Crippen LogP contribution >= 0.6 is 0 Å². The monoisotopic (exact) mass is 358 g/mol. The lowest BCUT2D eigenvalue weighted by Gasteiger charge is -2.25. The molecule has 0 saturated carbocycles. The molecule has 0 aromatic rings. The molecule has 25 heavy (non-hydrogen) atoms. The van der Waals surface area contributed by atoms with Gasteiger partial charge in [-0.15, -0.1) is 0 Å². The van der Waals surface area contributed by atoms with E-state index in [1.807, 2.05) is 0 Å². The number of hydrogen-bond donors (Lipinski definition) is 3. The summed E-state index contributed by atoms with van der Waals surface area (Å²) in [5, 5.41) is 20.6. The number of nitrogens with zero attached hydrogens (tertiary/aromatic N) is 1. The molecule has 0 fully saturated rings. The number of ketones is 1. The summed E-state index contributed by atoms with van der Waals surface area (Å²) >= 11 is 0. The summed E-state index contributed by atoms with van der Waals surface area (Å²) in [6.45, 7) is 7.75. The van der Waals surface area contributed by atoms with Gasteiger partial charge in [0, 0.05) is 44.3 Å². The summed E-state index contributed by atoms with van der Waals surface area (Å²) in [7, 11) is 0. The second kappa shape index (κ2) is 11.6. The highest BCUT2D eigenvalue weighted by atomic mass is 16.4. The highest BCUT2D eigenvalue weighted by Crippen LogP contribution is 2.05. The van der Waals surface area contributed by atoms with Crippen LogP contribution in [0.5, 0.6) is 0 Å². The van der Waals surface area contributed by atoms with Crippen LogP contribution in [-0.2, 0) is 19.2 Å². The van der Waals surface area contributed by atoms with Gasteiger partial charge in [0.25, 0.3) is 0 Å². The number of amides is 2. The maximum atomic E-state index is 12.2. The molecule has 0 saturated heterocycles. The Bertz CT molecular complexity index is 476. The van der Waals surface area contributed by atoms with E-state index < -0.39 is 18.0 Å². The van der Waals surface area contributed by atoms with E-state index in [0.29, 0.717) is 0 Å². The van der Waals surface area contributed by atoms with Crippen LogP contribution < -0.4 is 5.32 Å². The van der Waals surface area contributed by atoms with E-state index >= 15 is 0 Å².